The first-order chi connectivity index (χ1) is 10.3. The molecular weight excluding hydrogens is 303 g/mol. The summed E-state index contributed by atoms with van der Waals surface area (Å²) < 4.78 is 19.4. The molecule has 1 aliphatic heterocycles. The molecule has 0 bridgehead atoms. The molecule has 0 aliphatic carbocycles. The van der Waals surface area contributed by atoms with E-state index in [1.807, 2.05) is 20.8 Å². The number of hydrogen-bond donors (Lipinski definition) is 1. The molecule has 1 amide bonds. The van der Waals surface area contributed by atoms with Crippen LogP contribution in [0, 0.1) is 5.82 Å². The van der Waals surface area contributed by atoms with Crippen molar-refractivity contribution in [1.82, 2.24) is 4.90 Å². The Labute approximate surface area is 133 Å². The van der Waals surface area contributed by atoms with Gasteiger partial charge in [-0.05, 0) is 56.8 Å². The Morgan fingerprint density at radius 2 is 2.18 bits per heavy atom. The van der Waals surface area contributed by atoms with Gasteiger partial charge in [0.2, 0.25) is 0 Å². The van der Waals surface area contributed by atoms with E-state index in [0.29, 0.717) is 17.6 Å². The summed E-state index contributed by atoms with van der Waals surface area (Å²) in [5.74, 6) is -0.922. The second-order valence-corrected chi connectivity index (χ2v) is 7.63. The number of benzene rings is 1. The minimum Gasteiger partial charge on any atom is -0.423 e. The van der Waals surface area contributed by atoms with Crippen LogP contribution < -0.4 is 5.46 Å². The molecule has 1 aromatic carbocycles. The van der Waals surface area contributed by atoms with Crippen molar-refractivity contribution in [3.63, 3.8) is 0 Å². The fraction of sp³-hybridized carbons (Fsp3) is 0.533. The number of hydrogen-bond acceptors (Lipinski definition) is 3. The predicted molar refractivity (Wildman–Crippen MR) is 88.7 cm³/mol. The van der Waals surface area contributed by atoms with E-state index in [1.165, 1.54) is 12.1 Å². The van der Waals surface area contributed by atoms with Crippen molar-refractivity contribution in [1.29, 1.82) is 0 Å². The van der Waals surface area contributed by atoms with Gasteiger partial charge in [-0.2, -0.15) is 0 Å². The number of fused-ring (bicyclic) bond motifs is 1. The third-order valence-electron chi connectivity index (χ3n) is 3.76. The highest BCUT2D eigenvalue weighted by Crippen LogP contribution is 2.22. The van der Waals surface area contributed by atoms with Crippen LogP contribution in [0.25, 0.3) is 0 Å². The first-order valence-electron chi connectivity index (χ1n) is 7.34. The van der Waals surface area contributed by atoms with Gasteiger partial charge in [0.25, 0.3) is 5.91 Å². The SMILES string of the molecule is CPCCN(C(=O)c1cc2c(cc1F)B(O)OC2)C(C)(C)C. The highest BCUT2D eigenvalue weighted by atomic mass is 31.1. The van der Waals surface area contributed by atoms with E-state index in [0.717, 1.165) is 14.7 Å². The molecule has 120 valence electrons. The average Bonchev–Trinajstić information content (AvgIpc) is 2.77. The van der Waals surface area contributed by atoms with E-state index < -0.39 is 12.9 Å². The summed E-state index contributed by atoms with van der Waals surface area (Å²) in [6.07, 6.45) is 0.900. The van der Waals surface area contributed by atoms with Crippen molar-refractivity contribution in [2.45, 2.75) is 32.9 Å². The maximum Gasteiger partial charge on any atom is 0.491 e. The fourth-order valence-corrected chi connectivity index (χ4v) is 2.97. The quantitative estimate of drug-likeness (QED) is 0.676. The van der Waals surface area contributed by atoms with E-state index in [-0.39, 0.29) is 23.6 Å². The number of rotatable bonds is 4. The highest BCUT2D eigenvalue weighted by molar-refractivity contribution is 7.37. The summed E-state index contributed by atoms with van der Waals surface area (Å²) in [7, 11) is -0.364. The molecular formula is C15H22BFNO3P. The molecule has 1 atom stereocenters. The molecule has 7 heteroatoms. The minimum atomic E-state index is -1.10. The number of carbonyl (C=O) groups excluding carboxylic acids is 1. The van der Waals surface area contributed by atoms with E-state index in [4.69, 9.17) is 4.65 Å². The van der Waals surface area contributed by atoms with Gasteiger partial charge in [-0.25, -0.2) is 4.39 Å². The van der Waals surface area contributed by atoms with Crippen LogP contribution >= 0.6 is 8.58 Å². The van der Waals surface area contributed by atoms with Crippen LogP contribution in [0.1, 0.15) is 36.7 Å². The maximum absolute atomic E-state index is 14.3. The van der Waals surface area contributed by atoms with Gasteiger partial charge in [-0.1, -0.05) is 0 Å². The standard InChI is InChI=1S/C15H22BFNO3P/c1-15(2,3)18(5-6-22-4)14(19)11-7-10-9-21-16(20)12(10)8-13(11)17/h7-8,20,22H,5-6,9H2,1-4H3. The molecule has 1 aliphatic rings. The Kier molecular flexibility index (Phi) is 5.26. The molecule has 0 spiro atoms. The first kappa shape index (κ1) is 17.4. The average molecular weight is 325 g/mol. The number of halogens is 1. The van der Waals surface area contributed by atoms with Gasteiger partial charge in [0.1, 0.15) is 5.82 Å². The van der Waals surface area contributed by atoms with Crippen LogP contribution in [0.2, 0.25) is 0 Å². The molecule has 1 N–H and O–H groups in total. The molecule has 0 saturated carbocycles. The van der Waals surface area contributed by atoms with Crippen LogP contribution in [0.4, 0.5) is 4.39 Å². The normalized spacial score (nSPS) is 14.7. The Morgan fingerprint density at radius 3 is 2.77 bits per heavy atom. The van der Waals surface area contributed by atoms with Crippen molar-refractivity contribution in [3.8, 4) is 0 Å². The van der Waals surface area contributed by atoms with E-state index in [1.54, 1.807) is 4.90 Å². The molecule has 1 heterocycles. The Bertz CT molecular complexity index is 577. The van der Waals surface area contributed by atoms with E-state index >= 15 is 0 Å². The Hall–Kier alpha value is -0.965. The topological polar surface area (TPSA) is 49.8 Å². The summed E-state index contributed by atoms with van der Waals surface area (Å²) in [6, 6.07) is 2.72. The molecule has 0 saturated heterocycles. The second-order valence-electron chi connectivity index (χ2n) is 6.43. The van der Waals surface area contributed by atoms with Gasteiger partial charge in [0, 0.05) is 12.1 Å². The molecule has 0 aromatic heterocycles. The van der Waals surface area contributed by atoms with Crippen molar-refractivity contribution in [3.05, 3.63) is 29.1 Å². The fourth-order valence-electron chi connectivity index (χ4n) is 2.52. The molecule has 0 fully saturated rings. The molecule has 2 rings (SSSR count). The van der Waals surface area contributed by atoms with Crippen molar-refractivity contribution in [2.24, 2.45) is 0 Å². The third kappa shape index (κ3) is 3.50. The van der Waals surface area contributed by atoms with E-state index in [2.05, 4.69) is 6.66 Å². The minimum absolute atomic E-state index is 0.0470. The summed E-state index contributed by atoms with van der Waals surface area (Å²) in [6.45, 7) is 8.72. The van der Waals surface area contributed by atoms with Crippen LogP contribution in [0.15, 0.2) is 12.1 Å². The van der Waals surface area contributed by atoms with Crippen molar-refractivity contribution in [2.75, 3.05) is 19.4 Å². The number of carbonyl (C=O) groups is 1. The lowest BCUT2D eigenvalue weighted by Gasteiger charge is -2.36. The molecule has 1 aromatic rings. The zero-order chi connectivity index (χ0) is 16.5. The van der Waals surface area contributed by atoms with Crippen LogP contribution in [0.5, 0.6) is 0 Å². The van der Waals surface area contributed by atoms with Crippen LogP contribution in [-0.4, -0.2) is 47.9 Å². The maximum atomic E-state index is 14.3. The summed E-state index contributed by atoms with van der Waals surface area (Å²) >= 11 is 0. The largest absolute Gasteiger partial charge is 0.491 e. The summed E-state index contributed by atoms with van der Waals surface area (Å²) in [4.78, 5) is 14.5. The molecule has 1 unspecified atom stereocenters. The van der Waals surface area contributed by atoms with Gasteiger partial charge in [-0.3, -0.25) is 4.79 Å². The van der Waals surface area contributed by atoms with Gasteiger partial charge in [0.15, 0.2) is 0 Å². The number of amides is 1. The smallest absolute Gasteiger partial charge is 0.423 e. The Balaban J connectivity index is 2.35. The van der Waals surface area contributed by atoms with Gasteiger partial charge >= 0.3 is 7.12 Å². The highest BCUT2D eigenvalue weighted by Gasteiger charge is 2.33. The third-order valence-corrected chi connectivity index (χ3v) is 4.49. The van der Waals surface area contributed by atoms with Crippen molar-refractivity contribution >= 4 is 27.1 Å². The lowest BCUT2D eigenvalue weighted by molar-refractivity contribution is 0.0596. The van der Waals surface area contributed by atoms with Gasteiger partial charge in [-0.15, -0.1) is 8.58 Å². The monoisotopic (exact) mass is 325 g/mol. The second kappa shape index (κ2) is 6.65. The lowest BCUT2D eigenvalue weighted by Crippen LogP contribution is -2.47. The summed E-state index contributed by atoms with van der Waals surface area (Å²) in [5, 5.41) is 9.61. The van der Waals surface area contributed by atoms with E-state index in [9.17, 15) is 14.2 Å². The van der Waals surface area contributed by atoms with Gasteiger partial charge < -0.3 is 14.6 Å². The first-order valence-corrected chi connectivity index (χ1v) is 9.05. The van der Waals surface area contributed by atoms with Gasteiger partial charge in [0.05, 0.1) is 12.2 Å². The molecule has 22 heavy (non-hydrogen) atoms. The van der Waals surface area contributed by atoms with Crippen LogP contribution in [0.3, 0.4) is 0 Å². The predicted octanol–water partition coefficient (Wildman–Crippen LogP) is 1.59. The van der Waals surface area contributed by atoms with Crippen LogP contribution in [-0.2, 0) is 11.3 Å². The molecule has 4 nitrogen and oxygen atoms in total. The lowest BCUT2D eigenvalue weighted by atomic mass is 9.79. The Morgan fingerprint density at radius 1 is 1.50 bits per heavy atom. The number of nitrogens with zero attached hydrogens (tertiary/aromatic N) is 1. The summed E-state index contributed by atoms with van der Waals surface area (Å²) in [5.41, 5.74) is 0.749. The van der Waals surface area contributed by atoms with Crippen molar-refractivity contribution < 1.29 is 18.9 Å². The zero-order valence-corrected chi connectivity index (χ0v) is 14.4. The zero-order valence-electron chi connectivity index (χ0n) is 13.4. The molecule has 0 radical (unpaired) electrons.